The lowest BCUT2D eigenvalue weighted by Crippen LogP contribution is -2.37. The second kappa shape index (κ2) is 4.65. The Morgan fingerprint density at radius 1 is 1.36 bits per heavy atom. The van der Waals surface area contributed by atoms with Gasteiger partial charge in [0.25, 0.3) is 0 Å². The number of hydrogen-bond donors (Lipinski definition) is 0. The summed E-state index contributed by atoms with van der Waals surface area (Å²) in [5, 5.41) is 3.45. The zero-order valence-electron chi connectivity index (χ0n) is 7.07. The molecule has 5 nitrogen and oxygen atoms in total. The van der Waals surface area contributed by atoms with Gasteiger partial charge in [-0.15, -0.1) is 4.91 Å². The molecular weight excluding hydrogens is 146 g/mol. The average molecular weight is 159 g/mol. The Morgan fingerprint density at radius 2 is 1.91 bits per heavy atom. The lowest BCUT2D eigenvalue weighted by atomic mass is 10.6. The van der Waals surface area contributed by atoms with Gasteiger partial charge in [-0.3, -0.25) is 0 Å². The predicted molar refractivity (Wildman–Crippen MR) is 41.9 cm³/mol. The van der Waals surface area contributed by atoms with E-state index in [2.05, 4.69) is 5.29 Å². The highest BCUT2D eigenvalue weighted by molar-refractivity contribution is 5.73. The fourth-order valence-corrected chi connectivity index (χ4v) is 0.560. The van der Waals surface area contributed by atoms with Gasteiger partial charge in [-0.2, -0.15) is 5.01 Å². The van der Waals surface area contributed by atoms with Gasteiger partial charge in [0.05, 0.1) is 5.29 Å². The molecule has 0 heterocycles. The van der Waals surface area contributed by atoms with Crippen LogP contribution in [0.25, 0.3) is 0 Å². The average Bonchev–Trinajstić information content (AvgIpc) is 2.05. The third kappa shape index (κ3) is 2.53. The van der Waals surface area contributed by atoms with Gasteiger partial charge in [0.1, 0.15) is 0 Å². The maximum Gasteiger partial charge on any atom is 0.342 e. The molecule has 0 N–H and O–H groups in total. The van der Waals surface area contributed by atoms with E-state index in [4.69, 9.17) is 0 Å². The van der Waals surface area contributed by atoms with E-state index in [1.165, 1.54) is 4.90 Å². The molecule has 0 aliphatic heterocycles. The van der Waals surface area contributed by atoms with Crippen LogP contribution in [0.4, 0.5) is 4.79 Å². The van der Waals surface area contributed by atoms with Gasteiger partial charge in [0.15, 0.2) is 0 Å². The zero-order valence-corrected chi connectivity index (χ0v) is 7.07. The quantitative estimate of drug-likeness (QED) is 0.456. The first-order chi connectivity index (χ1) is 5.17. The molecule has 11 heavy (non-hydrogen) atoms. The minimum absolute atomic E-state index is 0.312. The smallest absolute Gasteiger partial charge is 0.326 e. The summed E-state index contributed by atoms with van der Waals surface area (Å²) in [6.07, 6.45) is 0. The first-order valence-electron chi connectivity index (χ1n) is 3.53. The number of urea groups is 1. The predicted octanol–water partition coefficient (Wildman–Crippen LogP) is 1.06. The van der Waals surface area contributed by atoms with E-state index in [0.29, 0.717) is 13.1 Å². The van der Waals surface area contributed by atoms with Crippen LogP contribution in [0, 0.1) is 4.91 Å². The summed E-state index contributed by atoms with van der Waals surface area (Å²) in [6.45, 7) is 4.41. The van der Waals surface area contributed by atoms with Crippen molar-refractivity contribution in [1.29, 1.82) is 0 Å². The SMILES string of the molecule is CCN(C)C(=O)N(CC)N=O. The summed E-state index contributed by atoms with van der Waals surface area (Å²) in [4.78, 5) is 22.5. The molecule has 0 bridgehead atoms. The highest BCUT2D eigenvalue weighted by Crippen LogP contribution is 1.95. The third-order valence-corrected chi connectivity index (χ3v) is 1.42. The van der Waals surface area contributed by atoms with Crippen molar-refractivity contribution in [1.82, 2.24) is 9.91 Å². The molecule has 0 fully saturated rings. The molecule has 0 aliphatic carbocycles. The Labute approximate surface area is 65.9 Å². The maximum atomic E-state index is 11.1. The van der Waals surface area contributed by atoms with E-state index >= 15 is 0 Å². The van der Waals surface area contributed by atoms with Crippen molar-refractivity contribution < 1.29 is 4.79 Å². The topological polar surface area (TPSA) is 53.0 Å². The second-order valence-corrected chi connectivity index (χ2v) is 2.09. The lowest BCUT2D eigenvalue weighted by Gasteiger charge is -2.18. The van der Waals surface area contributed by atoms with Crippen molar-refractivity contribution in [2.75, 3.05) is 20.1 Å². The molecule has 0 spiro atoms. The van der Waals surface area contributed by atoms with E-state index in [0.717, 1.165) is 5.01 Å². The van der Waals surface area contributed by atoms with Crippen LogP contribution in [0.5, 0.6) is 0 Å². The Balaban J connectivity index is 4.08. The van der Waals surface area contributed by atoms with Gasteiger partial charge >= 0.3 is 6.03 Å². The van der Waals surface area contributed by atoms with Crippen LogP contribution in [-0.2, 0) is 0 Å². The fraction of sp³-hybridized carbons (Fsp3) is 0.833. The highest BCUT2D eigenvalue weighted by Gasteiger charge is 2.14. The Morgan fingerprint density at radius 3 is 2.18 bits per heavy atom. The lowest BCUT2D eigenvalue weighted by molar-refractivity contribution is 0.168. The third-order valence-electron chi connectivity index (χ3n) is 1.42. The van der Waals surface area contributed by atoms with Crippen LogP contribution >= 0.6 is 0 Å². The molecule has 0 atom stereocenters. The van der Waals surface area contributed by atoms with E-state index in [9.17, 15) is 9.70 Å². The maximum absolute atomic E-state index is 11.1. The number of carbonyl (C=O) groups is 1. The number of carbonyl (C=O) groups excluding carboxylic acids is 1. The monoisotopic (exact) mass is 159 g/mol. The number of amides is 2. The number of nitroso groups, excluding NO2 is 1. The van der Waals surface area contributed by atoms with Gasteiger partial charge in [-0.1, -0.05) is 0 Å². The van der Waals surface area contributed by atoms with Crippen molar-refractivity contribution in [3.63, 3.8) is 0 Å². The molecule has 0 radical (unpaired) electrons. The number of rotatable bonds is 3. The minimum Gasteiger partial charge on any atom is -0.326 e. The largest absolute Gasteiger partial charge is 0.342 e. The van der Waals surface area contributed by atoms with E-state index in [1.54, 1.807) is 14.0 Å². The fourth-order valence-electron chi connectivity index (χ4n) is 0.560. The van der Waals surface area contributed by atoms with Crippen molar-refractivity contribution >= 4 is 6.03 Å². The van der Waals surface area contributed by atoms with Gasteiger partial charge in [-0.25, -0.2) is 4.79 Å². The molecule has 0 saturated carbocycles. The summed E-state index contributed by atoms with van der Waals surface area (Å²) in [7, 11) is 1.62. The molecule has 64 valence electrons. The summed E-state index contributed by atoms with van der Waals surface area (Å²) in [6, 6.07) is -0.356. The van der Waals surface area contributed by atoms with Crippen LogP contribution in [0.3, 0.4) is 0 Å². The molecule has 5 heteroatoms. The number of hydrogen-bond acceptors (Lipinski definition) is 3. The van der Waals surface area contributed by atoms with Crippen LogP contribution in [0.2, 0.25) is 0 Å². The van der Waals surface area contributed by atoms with Crippen molar-refractivity contribution in [2.24, 2.45) is 5.29 Å². The molecule has 2 amide bonds. The summed E-state index contributed by atoms with van der Waals surface area (Å²) < 4.78 is 0. The second-order valence-electron chi connectivity index (χ2n) is 2.09. The van der Waals surface area contributed by atoms with Crippen LogP contribution in [-0.4, -0.2) is 36.1 Å². The van der Waals surface area contributed by atoms with Crippen molar-refractivity contribution in [2.45, 2.75) is 13.8 Å². The molecule has 0 unspecified atom stereocenters. The minimum atomic E-state index is -0.356. The molecule has 0 saturated heterocycles. The van der Waals surface area contributed by atoms with Crippen LogP contribution in [0.1, 0.15) is 13.8 Å². The molecule has 0 rings (SSSR count). The number of nitrogens with zero attached hydrogens (tertiary/aromatic N) is 3. The normalized spacial score (nSPS) is 9.00. The van der Waals surface area contributed by atoms with E-state index < -0.39 is 0 Å². The first-order valence-corrected chi connectivity index (χ1v) is 3.53. The summed E-state index contributed by atoms with van der Waals surface area (Å²) in [5.74, 6) is 0. The molecule has 0 aliphatic rings. The van der Waals surface area contributed by atoms with Gasteiger partial charge < -0.3 is 4.90 Å². The van der Waals surface area contributed by atoms with Crippen LogP contribution < -0.4 is 0 Å². The Bertz CT molecular complexity index is 149. The van der Waals surface area contributed by atoms with Crippen molar-refractivity contribution in [3.05, 3.63) is 4.91 Å². The van der Waals surface area contributed by atoms with Gasteiger partial charge in [0, 0.05) is 20.1 Å². The highest BCUT2D eigenvalue weighted by atomic mass is 16.3. The van der Waals surface area contributed by atoms with Gasteiger partial charge in [0.2, 0.25) is 0 Å². The molecule has 0 aromatic rings. The van der Waals surface area contributed by atoms with Crippen molar-refractivity contribution in [3.8, 4) is 0 Å². The molecule has 0 aromatic carbocycles. The Hall–Kier alpha value is -1.13. The van der Waals surface area contributed by atoms with Crippen LogP contribution in [0.15, 0.2) is 5.29 Å². The first kappa shape index (κ1) is 9.87. The molecule has 0 aromatic heterocycles. The molecular formula is C6H13N3O2. The Kier molecular flexibility index (Phi) is 4.17. The summed E-state index contributed by atoms with van der Waals surface area (Å²) >= 11 is 0. The zero-order chi connectivity index (χ0) is 8.85. The van der Waals surface area contributed by atoms with Gasteiger partial charge in [-0.05, 0) is 13.8 Å². The summed E-state index contributed by atoms with van der Waals surface area (Å²) in [5.41, 5.74) is 0. The van der Waals surface area contributed by atoms with E-state index in [1.807, 2.05) is 6.92 Å². The standard InChI is InChI=1S/C6H13N3O2/c1-4-8(3)6(10)9(5-2)7-11/h4-5H2,1-3H3. The van der Waals surface area contributed by atoms with E-state index in [-0.39, 0.29) is 6.03 Å².